The van der Waals surface area contributed by atoms with Crippen LogP contribution in [0.3, 0.4) is 0 Å². The number of urea groups is 1. The lowest BCUT2D eigenvalue weighted by Gasteiger charge is -2.33. The number of fused-ring (bicyclic) bond motifs is 1. The number of rotatable bonds is 5. The summed E-state index contributed by atoms with van der Waals surface area (Å²) in [6.45, 7) is 5.40. The maximum absolute atomic E-state index is 12.2. The van der Waals surface area contributed by atoms with E-state index in [1.165, 1.54) is 0 Å². The van der Waals surface area contributed by atoms with Gasteiger partial charge in [-0.1, -0.05) is 36.4 Å². The Kier molecular flexibility index (Phi) is 5.53. The van der Waals surface area contributed by atoms with Gasteiger partial charge in [-0.25, -0.2) is 4.79 Å². The number of carbonyl (C=O) groups is 1. The van der Waals surface area contributed by atoms with Gasteiger partial charge in [-0.2, -0.15) is 0 Å². The van der Waals surface area contributed by atoms with Crippen LogP contribution in [0, 0.1) is 0 Å². The fraction of sp³-hybridized carbons (Fsp3) is 0.421. The predicted octanol–water partition coefficient (Wildman–Crippen LogP) is 2.04. The molecule has 0 aromatic heterocycles. The minimum Gasteiger partial charge on any atom is -0.387 e. The van der Waals surface area contributed by atoms with Gasteiger partial charge in [-0.05, 0) is 18.4 Å². The van der Waals surface area contributed by atoms with Crippen LogP contribution in [0.2, 0.25) is 0 Å². The van der Waals surface area contributed by atoms with Gasteiger partial charge in [0.25, 0.3) is 0 Å². The molecule has 0 aliphatic carbocycles. The molecule has 134 valence electrons. The molecule has 1 saturated heterocycles. The number of morpholine rings is 1. The van der Waals surface area contributed by atoms with E-state index in [0.717, 1.165) is 29.5 Å². The van der Waals surface area contributed by atoms with Crippen molar-refractivity contribution in [2.45, 2.75) is 12.5 Å². The molecule has 0 bridgehead atoms. The van der Waals surface area contributed by atoms with Crippen LogP contribution in [0.25, 0.3) is 10.8 Å². The van der Waals surface area contributed by atoms with Crippen LogP contribution in [-0.4, -0.2) is 61.0 Å². The molecule has 1 aliphatic rings. The van der Waals surface area contributed by atoms with Crippen molar-refractivity contribution in [2.75, 3.05) is 44.7 Å². The van der Waals surface area contributed by atoms with E-state index < -0.39 is 5.60 Å². The van der Waals surface area contributed by atoms with Gasteiger partial charge in [0.2, 0.25) is 0 Å². The number of amides is 2. The average molecular weight is 343 g/mol. The van der Waals surface area contributed by atoms with Crippen molar-refractivity contribution >= 4 is 22.5 Å². The molecule has 1 unspecified atom stereocenters. The van der Waals surface area contributed by atoms with Gasteiger partial charge in [0, 0.05) is 31.6 Å². The van der Waals surface area contributed by atoms with Crippen LogP contribution >= 0.6 is 0 Å². The summed E-state index contributed by atoms with van der Waals surface area (Å²) in [5, 5.41) is 18.2. The molecule has 2 aromatic rings. The standard InChI is InChI=1S/C19H25N3O3/c1-19(24,14-22-9-11-25-12-10-22)13-20-18(23)21-17-8-4-6-15-5-2-3-7-16(15)17/h2-8,24H,9-14H2,1H3,(H2,20,21,23). The Morgan fingerprint density at radius 1 is 1.20 bits per heavy atom. The molecule has 3 rings (SSSR count). The molecule has 3 N–H and O–H groups in total. The third kappa shape index (κ3) is 4.92. The van der Waals surface area contributed by atoms with E-state index in [9.17, 15) is 9.90 Å². The number of nitrogens with one attached hydrogen (secondary N) is 2. The van der Waals surface area contributed by atoms with Gasteiger partial charge < -0.3 is 20.5 Å². The largest absolute Gasteiger partial charge is 0.387 e. The second-order valence-corrected chi connectivity index (χ2v) is 6.72. The first-order valence-corrected chi connectivity index (χ1v) is 8.59. The minimum absolute atomic E-state index is 0.182. The Bertz CT molecular complexity index is 721. The SMILES string of the molecule is CC(O)(CNC(=O)Nc1cccc2ccccc12)CN1CCOCC1. The number of anilines is 1. The smallest absolute Gasteiger partial charge is 0.319 e. The van der Waals surface area contributed by atoms with E-state index in [0.29, 0.717) is 19.8 Å². The lowest BCUT2D eigenvalue weighted by molar-refractivity contribution is -0.0205. The lowest BCUT2D eigenvalue weighted by Crippen LogP contribution is -2.51. The summed E-state index contributed by atoms with van der Waals surface area (Å²) in [6.07, 6.45) is 0. The van der Waals surface area contributed by atoms with Crippen LogP contribution in [0.15, 0.2) is 42.5 Å². The Balaban J connectivity index is 1.55. The van der Waals surface area contributed by atoms with E-state index >= 15 is 0 Å². The Morgan fingerprint density at radius 3 is 2.72 bits per heavy atom. The highest BCUT2D eigenvalue weighted by Crippen LogP contribution is 2.22. The van der Waals surface area contributed by atoms with E-state index in [2.05, 4.69) is 15.5 Å². The number of hydrogen-bond acceptors (Lipinski definition) is 4. The Hall–Kier alpha value is -2.15. The van der Waals surface area contributed by atoms with Crippen LogP contribution < -0.4 is 10.6 Å². The molecule has 2 amide bonds. The zero-order chi connectivity index (χ0) is 17.7. The van der Waals surface area contributed by atoms with Crippen molar-refractivity contribution in [3.63, 3.8) is 0 Å². The zero-order valence-electron chi connectivity index (χ0n) is 14.5. The maximum atomic E-state index is 12.2. The summed E-state index contributed by atoms with van der Waals surface area (Å²) in [7, 11) is 0. The third-order valence-corrected chi connectivity index (χ3v) is 4.34. The van der Waals surface area contributed by atoms with Gasteiger partial charge in [-0.15, -0.1) is 0 Å². The summed E-state index contributed by atoms with van der Waals surface area (Å²) >= 11 is 0. The molecule has 25 heavy (non-hydrogen) atoms. The Labute approximate surface area is 147 Å². The monoisotopic (exact) mass is 343 g/mol. The number of β-amino-alcohol motifs (C(OH)–C–C–N with tert-alkyl or cyclic N) is 1. The first kappa shape index (κ1) is 17.7. The van der Waals surface area contributed by atoms with Crippen molar-refractivity contribution in [1.82, 2.24) is 10.2 Å². The quantitative estimate of drug-likeness (QED) is 0.777. The molecular formula is C19H25N3O3. The molecule has 2 aromatic carbocycles. The molecule has 6 nitrogen and oxygen atoms in total. The average Bonchev–Trinajstić information content (AvgIpc) is 2.61. The fourth-order valence-electron chi connectivity index (χ4n) is 3.07. The van der Waals surface area contributed by atoms with E-state index in [4.69, 9.17) is 4.74 Å². The predicted molar refractivity (Wildman–Crippen MR) is 98.9 cm³/mol. The highest BCUT2D eigenvalue weighted by atomic mass is 16.5. The highest BCUT2D eigenvalue weighted by Gasteiger charge is 2.25. The van der Waals surface area contributed by atoms with Crippen LogP contribution in [0.4, 0.5) is 10.5 Å². The molecule has 1 aliphatic heterocycles. The zero-order valence-corrected chi connectivity index (χ0v) is 14.5. The van der Waals surface area contributed by atoms with Crippen molar-refractivity contribution in [2.24, 2.45) is 0 Å². The fourth-order valence-corrected chi connectivity index (χ4v) is 3.07. The lowest BCUT2D eigenvalue weighted by atomic mass is 10.1. The van der Waals surface area contributed by atoms with E-state index in [-0.39, 0.29) is 12.6 Å². The highest BCUT2D eigenvalue weighted by molar-refractivity contribution is 6.01. The molecule has 1 fully saturated rings. The third-order valence-electron chi connectivity index (χ3n) is 4.34. The number of carbonyl (C=O) groups excluding carboxylic acids is 1. The summed E-state index contributed by atoms with van der Waals surface area (Å²) in [5.41, 5.74) is -0.239. The Morgan fingerprint density at radius 2 is 1.92 bits per heavy atom. The molecule has 1 heterocycles. The number of benzene rings is 2. The number of ether oxygens (including phenoxy) is 1. The second kappa shape index (κ2) is 7.82. The topological polar surface area (TPSA) is 73.8 Å². The summed E-state index contributed by atoms with van der Waals surface area (Å²) in [5.74, 6) is 0. The van der Waals surface area contributed by atoms with Crippen LogP contribution in [0.1, 0.15) is 6.92 Å². The van der Waals surface area contributed by atoms with Crippen LogP contribution in [-0.2, 0) is 4.74 Å². The van der Waals surface area contributed by atoms with Crippen LogP contribution in [0.5, 0.6) is 0 Å². The van der Waals surface area contributed by atoms with Crippen molar-refractivity contribution in [3.8, 4) is 0 Å². The first-order chi connectivity index (χ1) is 12.0. The van der Waals surface area contributed by atoms with E-state index in [1.54, 1.807) is 6.92 Å². The van der Waals surface area contributed by atoms with E-state index in [1.807, 2.05) is 42.5 Å². The van der Waals surface area contributed by atoms with Gasteiger partial charge in [0.05, 0.1) is 24.5 Å². The van der Waals surface area contributed by atoms with Crippen molar-refractivity contribution in [3.05, 3.63) is 42.5 Å². The number of aliphatic hydroxyl groups is 1. The van der Waals surface area contributed by atoms with Gasteiger partial charge >= 0.3 is 6.03 Å². The van der Waals surface area contributed by atoms with Crippen molar-refractivity contribution < 1.29 is 14.6 Å². The molecule has 0 radical (unpaired) electrons. The van der Waals surface area contributed by atoms with Gasteiger partial charge in [0.1, 0.15) is 0 Å². The van der Waals surface area contributed by atoms with Gasteiger partial charge in [0.15, 0.2) is 0 Å². The maximum Gasteiger partial charge on any atom is 0.319 e. The summed E-state index contributed by atoms with van der Waals surface area (Å²) < 4.78 is 5.31. The minimum atomic E-state index is -0.993. The molecule has 0 spiro atoms. The molecule has 1 atom stereocenters. The van der Waals surface area contributed by atoms with Gasteiger partial charge in [-0.3, -0.25) is 4.90 Å². The number of hydrogen-bond donors (Lipinski definition) is 3. The summed E-state index contributed by atoms with van der Waals surface area (Å²) in [6, 6.07) is 13.4. The number of nitrogens with zero attached hydrogens (tertiary/aromatic N) is 1. The molecular weight excluding hydrogens is 318 g/mol. The van der Waals surface area contributed by atoms with Crippen molar-refractivity contribution in [1.29, 1.82) is 0 Å². The second-order valence-electron chi connectivity index (χ2n) is 6.72. The molecule has 0 saturated carbocycles. The summed E-state index contributed by atoms with van der Waals surface area (Å²) in [4.78, 5) is 14.4. The normalized spacial score (nSPS) is 17.8. The molecule has 6 heteroatoms. The first-order valence-electron chi connectivity index (χ1n) is 8.59.